The van der Waals surface area contributed by atoms with Crippen molar-refractivity contribution < 1.29 is 9.84 Å². The van der Waals surface area contributed by atoms with Gasteiger partial charge in [-0.1, -0.05) is 0 Å². The fourth-order valence-corrected chi connectivity index (χ4v) is 1.41. The van der Waals surface area contributed by atoms with Gasteiger partial charge in [0.05, 0.1) is 6.10 Å². The summed E-state index contributed by atoms with van der Waals surface area (Å²) in [5, 5.41) is 9.53. The zero-order valence-electron chi connectivity index (χ0n) is 8.07. The number of phenolic OH excluding ortho intramolecular Hbond substituents is 1. The summed E-state index contributed by atoms with van der Waals surface area (Å²) in [6.45, 7) is 3.86. The lowest BCUT2D eigenvalue weighted by Crippen LogP contribution is -2.05. The molecule has 0 radical (unpaired) electrons. The number of benzene rings is 1. The summed E-state index contributed by atoms with van der Waals surface area (Å²) in [6.07, 6.45) is 2.06. The molecule has 0 aliphatic rings. The largest absolute Gasteiger partial charge is 0.504 e. The molecule has 0 amide bonds. The van der Waals surface area contributed by atoms with Crippen LogP contribution in [0, 0.1) is 0 Å². The number of rotatable bonds is 3. The van der Waals surface area contributed by atoms with Gasteiger partial charge < -0.3 is 9.84 Å². The summed E-state index contributed by atoms with van der Waals surface area (Å²) < 4.78 is 5.39. The molecule has 0 saturated carbocycles. The Hall–Kier alpha value is -0.830. The molecule has 0 spiro atoms. The molecule has 0 aliphatic heterocycles. The minimum Gasteiger partial charge on any atom is -0.504 e. The maximum Gasteiger partial charge on any atom is 0.161 e. The lowest BCUT2D eigenvalue weighted by atomic mass is 10.3. The summed E-state index contributed by atoms with van der Waals surface area (Å²) >= 11 is 1.59. The topological polar surface area (TPSA) is 29.5 Å². The highest BCUT2D eigenvalue weighted by atomic mass is 32.2. The van der Waals surface area contributed by atoms with Crippen LogP contribution in [-0.4, -0.2) is 17.5 Å². The quantitative estimate of drug-likeness (QED) is 0.757. The molecular weight excluding hydrogens is 184 g/mol. The van der Waals surface area contributed by atoms with Crippen LogP contribution in [-0.2, 0) is 0 Å². The van der Waals surface area contributed by atoms with E-state index in [1.165, 1.54) is 0 Å². The van der Waals surface area contributed by atoms with Crippen molar-refractivity contribution in [2.75, 3.05) is 6.26 Å². The maximum atomic E-state index is 9.53. The van der Waals surface area contributed by atoms with E-state index in [9.17, 15) is 5.11 Å². The van der Waals surface area contributed by atoms with Crippen LogP contribution in [0.25, 0.3) is 0 Å². The SMILES string of the molecule is CSc1ccc(OC(C)C)c(O)c1. The summed E-state index contributed by atoms with van der Waals surface area (Å²) in [5.41, 5.74) is 0. The monoisotopic (exact) mass is 198 g/mol. The van der Waals surface area contributed by atoms with Crippen LogP contribution in [0.1, 0.15) is 13.8 Å². The Bertz CT molecular complexity index is 284. The van der Waals surface area contributed by atoms with Gasteiger partial charge in [0.15, 0.2) is 11.5 Å². The van der Waals surface area contributed by atoms with E-state index in [0.717, 1.165) is 4.90 Å². The minimum atomic E-state index is 0.0889. The van der Waals surface area contributed by atoms with Crippen LogP contribution in [0.15, 0.2) is 23.1 Å². The van der Waals surface area contributed by atoms with Gasteiger partial charge in [-0.25, -0.2) is 0 Å². The maximum absolute atomic E-state index is 9.53. The predicted octanol–water partition coefficient (Wildman–Crippen LogP) is 2.90. The van der Waals surface area contributed by atoms with E-state index in [1.54, 1.807) is 23.9 Å². The molecule has 1 rings (SSSR count). The Kier molecular flexibility index (Phi) is 3.48. The van der Waals surface area contributed by atoms with Gasteiger partial charge in [0.25, 0.3) is 0 Å². The first kappa shape index (κ1) is 10.3. The smallest absolute Gasteiger partial charge is 0.161 e. The molecule has 0 bridgehead atoms. The number of thioether (sulfide) groups is 1. The third-order valence-corrected chi connectivity index (χ3v) is 2.25. The molecule has 0 atom stereocenters. The van der Waals surface area contributed by atoms with Gasteiger partial charge in [-0.3, -0.25) is 0 Å². The Labute approximate surface area is 82.9 Å². The normalized spacial score (nSPS) is 10.5. The van der Waals surface area contributed by atoms with Gasteiger partial charge in [-0.15, -0.1) is 11.8 Å². The van der Waals surface area contributed by atoms with Gasteiger partial charge in [-0.2, -0.15) is 0 Å². The molecule has 0 saturated heterocycles. The first-order valence-corrected chi connectivity index (χ1v) is 5.39. The first-order chi connectivity index (χ1) is 6.13. The third kappa shape index (κ3) is 2.84. The Morgan fingerprint density at radius 3 is 2.54 bits per heavy atom. The van der Waals surface area contributed by atoms with Crippen molar-refractivity contribution in [2.24, 2.45) is 0 Å². The van der Waals surface area contributed by atoms with Crippen LogP contribution >= 0.6 is 11.8 Å². The van der Waals surface area contributed by atoms with Crippen LogP contribution in [0.2, 0.25) is 0 Å². The average Bonchev–Trinajstić information content (AvgIpc) is 2.08. The standard InChI is InChI=1S/C10H14O2S/c1-7(2)12-10-5-4-8(13-3)6-9(10)11/h4-7,11H,1-3H3. The molecule has 0 aromatic heterocycles. The highest BCUT2D eigenvalue weighted by Crippen LogP contribution is 2.30. The van der Waals surface area contributed by atoms with Crippen molar-refractivity contribution in [1.29, 1.82) is 0 Å². The highest BCUT2D eigenvalue weighted by Gasteiger charge is 2.04. The lowest BCUT2D eigenvalue weighted by Gasteiger charge is -2.11. The van der Waals surface area contributed by atoms with E-state index >= 15 is 0 Å². The summed E-state index contributed by atoms with van der Waals surface area (Å²) in [4.78, 5) is 1.04. The van der Waals surface area contributed by atoms with Crippen molar-refractivity contribution in [1.82, 2.24) is 0 Å². The second kappa shape index (κ2) is 4.42. The zero-order valence-corrected chi connectivity index (χ0v) is 8.89. The highest BCUT2D eigenvalue weighted by molar-refractivity contribution is 7.98. The fraction of sp³-hybridized carbons (Fsp3) is 0.400. The van der Waals surface area contributed by atoms with E-state index in [4.69, 9.17) is 4.74 Å². The Balaban J connectivity index is 2.85. The van der Waals surface area contributed by atoms with Gasteiger partial charge in [0, 0.05) is 4.90 Å². The van der Waals surface area contributed by atoms with Crippen LogP contribution in [0.5, 0.6) is 11.5 Å². The van der Waals surface area contributed by atoms with E-state index in [-0.39, 0.29) is 11.9 Å². The van der Waals surface area contributed by atoms with E-state index in [2.05, 4.69) is 0 Å². The summed E-state index contributed by atoms with van der Waals surface area (Å²) in [5.74, 6) is 0.758. The fourth-order valence-electron chi connectivity index (χ4n) is 0.978. The first-order valence-electron chi connectivity index (χ1n) is 4.17. The van der Waals surface area contributed by atoms with Gasteiger partial charge in [0.1, 0.15) is 0 Å². The third-order valence-electron chi connectivity index (χ3n) is 1.53. The molecule has 72 valence electrons. The number of hydrogen-bond donors (Lipinski definition) is 1. The number of phenols is 1. The van der Waals surface area contributed by atoms with Crippen LogP contribution in [0.3, 0.4) is 0 Å². The molecule has 3 heteroatoms. The Morgan fingerprint density at radius 2 is 2.08 bits per heavy atom. The molecule has 13 heavy (non-hydrogen) atoms. The van der Waals surface area contributed by atoms with Gasteiger partial charge >= 0.3 is 0 Å². The Morgan fingerprint density at radius 1 is 1.38 bits per heavy atom. The van der Waals surface area contributed by atoms with Crippen LogP contribution in [0.4, 0.5) is 0 Å². The summed E-state index contributed by atoms with van der Waals surface area (Å²) in [6, 6.07) is 5.44. The molecule has 1 aromatic rings. The van der Waals surface area contributed by atoms with Crippen molar-refractivity contribution in [3.05, 3.63) is 18.2 Å². The molecule has 2 nitrogen and oxygen atoms in total. The van der Waals surface area contributed by atoms with E-state index in [0.29, 0.717) is 5.75 Å². The van der Waals surface area contributed by atoms with Gasteiger partial charge in [0.2, 0.25) is 0 Å². The molecule has 1 N–H and O–H groups in total. The van der Waals surface area contributed by atoms with Crippen LogP contribution < -0.4 is 4.74 Å². The number of aromatic hydroxyl groups is 1. The second-order valence-electron chi connectivity index (χ2n) is 3.00. The second-order valence-corrected chi connectivity index (χ2v) is 3.88. The lowest BCUT2D eigenvalue weighted by molar-refractivity contribution is 0.231. The molecular formula is C10H14O2S. The van der Waals surface area contributed by atoms with E-state index in [1.807, 2.05) is 26.2 Å². The van der Waals surface area contributed by atoms with Crippen molar-refractivity contribution in [2.45, 2.75) is 24.8 Å². The molecule has 0 unspecified atom stereocenters. The number of hydrogen-bond acceptors (Lipinski definition) is 3. The molecule has 0 aliphatic carbocycles. The van der Waals surface area contributed by atoms with E-state index < -0.39 is 0 Å². The van der Waals surface area contributed by atoms with Crippen molar-refractivity contribution >= 4 is 11.8 Å². The number of ether oxygens (including phenoxy) is 1. The predicted molar refractivity (Wildman–Crippen MR) is 55.7 cm³/mol. The molecule has 1 aromatic carbocycles. The minimum absolute atomic E-state index is 0.0889. The molecule has 0 heterocycles. The van der Waals surface area contributed by atoms with Gasteiger partial charge in [-0.05, 0) is 38.3 Å². The van der Waals surface area contributed by atoms with Crippen molar-refractivity contribution in [3.8, 4) is 11.5 Å². The van der Waals surface area contributed by atoms with Crippen molar-refractivity contribution in [3.63, 3.8) is 0 Å². The summed E-state index contributed by atoms with van der Waals surface area (Å²) in [7, 11) is 0. The zero-order chi connectivity index (χ0) is 9.84. The molecule has 0 fully saturated rings. The average molecular weight is 198 g/mol.